The van der Waals surface area contributed by atoms with Crippen LogP contribution in [-0.2, 0) is 0 Å². The van der Waals surface area contributed by atoms with Crippen molar-refractivity contribution in [1.29, 1.82) is 0 Å². The Morgan fingerprint density at radius 1 is 1.15 bits per heavy atom. The van der Waals surface area contributed by atoms with Crippen LogP contribution in [-0.4, -0.2) is 0 Å². The second-order valence-corrected chi connectivity index (χ2v) is 6.97. The molecule has 0 aromatic heterocycles. The monoisotopic (exact) mass is 272 g/mol. The Morgan fingerprint density at radius 3 is 2.60 bits per heavy atom. The molecule has 20 heavy (non-hydrogen) atoms. The normalized spacial score (nSPS) is 28.9. The van der Waals surface area contributed by atoms with E-state index < -0.39 is 0 Å². The molecule has 0 bridgehead atoms. The minimum Gasteiger partial charge on any atom is -0.271 e. The van der Waals surface area contributed by atoms with Crippen molar-refractivity contribution in [3.05, 3.63) is 35.4 Å². The lowest BCUT2D eigenvalue weighted by Crippen LogP contribution is -2.35. The van der Waals surface area contributed by atoms with Gasteiger partial charge in [-0.1, -0.05) is 50.5 Å². The quantitative estimate of drug-likeness (QED) is 0.634. The Morgan fingerprint density at radius 2 is 1.95 bits per heavy atom. The van der Waals surface area contributed by atoms with E-state index in [9.17, 15) is 0 Å². The summed E-state index contributed by atoms with van der Waals surface area (Å²) in [6.07, 6.45) is 9.49. The Kier molecular flexibility index (Phi) is 4.42. The molecule has 2 fully saturated rings. The first-order valence-electron chi connectivity index (χ1n) is 8.34. The third-order valence-electron chi connectivity index (χ3n) is 5.47. The van der Waals surface area contributed by atoms with E-state index in [0.717, 1.165) is 11.8 Å². The first-order valence-corrected chi connectivity index (χ1v) is 8.34. The lowest BCUT2D eigenvalue weighted by molar-refractivity contribution is 0.224. The number of hydrogen-bond acceptors (Lipinski definition) is 2. The van der Waals surface area contributed by atoms with Crippen LogP contribution in [0.5, 0.6) is 0 Å². The van der Waals surface area contributed by atoms with Gasteiger partial charge < -0.3 is 0 Å². The van der Waals surface area contributed by atoms with E-state index in [4.69, 9.17) is 5.84 Å². The molecular weight excluding hydrogens is 244 g/mol. The van der Waals surface area contributed by atoms with Gasteiger partial charge in [0.25, 0.3) is 0 Å². The first kappa shape index (κ1) is 14.1. The van der Waals surface area contributed by atoms with Crippen LogP contribution in [0, 0.1) is 11.8 Å². The standard InChI is InChI=1S/C18H28N2/c1-13-5-2-9-16(11-13)18(20-19)17-10-4-8-15(12-17)14-6-3-7-14/h4,8,10,12-14,16,18,20H,2-3,5-7,9,11,19H2,1H3. The zero-order valence-corrected chi connectivity index (χ0v) is 12.6. The molecule has 2 aliphatic rings. The van der Waals surface area contributed by atoms with Gasteiger partial charge in [-0.2, -0.15) is 0 Å². The fraction of sp³-hybridized carbons (Fsp3) is 0.667. The highest BCUT2D eigenvalue weighted by Gasteiger charge is 2.28. The molecule has 3 rings (SSSR count). The zero-order chi connectivity index (χ0) is 13.9. The molecule has 1 aromatic rings. The summed E-state index contributed by atoms with van der Waals surface area (Å²) in [4.78, 5) is 0. The highest BCUT2D eigenvalue weighted by molar-refractivity contribution is 5.30. The van der Waals surface area contributed by atoms with Crippen molar-refractivity contribution in [2.45, 2.75) is 63.8 Å². The number of rotatable bonds is 4. The highest BCUT2D eigenvalue weighted by atomic mass is 15.2. The molecule has 2 heteroatoms. The minimum absolute atomic E-state index is 0.331. The van der Waals surface area contributed by atoms with E-state index in [1.807, 2.05) is 0 Å². The van der Waals surface area contributed by atoms with Crippen LogP contribution >= 0.6 is 0 Å². The predicted molar refractivity (Wildman–Crippen MR) is 84.2 cm³/mol. The summed E-state index contributed by atoms with van der Waals surface area (Å²) < 4.78 is 0. The molecule has 3 atom stereocenters. The first-order chi connectivity index (χ1) is 9.78. The third-order valence-corrected chi connectivity index (χ3v) is 5.47. The van der Waals surface area contributed by atoms with Gasteiger partial charge >= 0.3 is 0 Å². The Bertz CT molecular complexity index is 439. The molecule has 0 heterocycles. The molecule has 0 aliphatic heterocycles. The molecule has 0 spiro atoms. The minimum atomic E-state index is 0.331. The van der Waals surface area contributed by atoms with Crippen molar-refractivity contribution in [2.75, 3.05) is 0 Å². The molecule has 2 aliphatic carbocycles. The average Bonchev–Trinajstić information content (AvgIpc) is 2.38. The van der Waals surface area contributed by atoms with Gasteiger partial charge in [-0.25, -0.2) is 0 Å². The maximum absolute atomic E-state index is 5.90. The van der Waals surface area contributed by atoms with Gasteiger partial charge in [-0.3, -0.25) is 11.3 Å². The lowest BCUT2D eigenvalue weighted by Gasteiger charge is -2.34. The summed E-state index contributed by atoms with van der Waals surface area (Å²) >= 11 is 0. The zero-order valence-electron chi connectivity index (χ0n) is 12.6. The maximum Gasteiger partial charge on any atom is 0.0488 e. The van der Waals surface area contributed by atoms with E-state index in [-0.39, 0.29) is 0 Å². The van der Waals surface area contributed by atoms with Crippen LogP contribution in [0.4, 0.5) is 0 Å². The molecule has 3 N–H and O–H groups in total. The van der Waals surface area contributed by atoms with Crippen LogP contribution in [0.2, 0.25) is 0 Å². The van der Waals surface area contributed by atoms with Crippen molar-refractivity contribution >= 4 is 0 Å². The van der Waals surface area contributed by atoms with Crippen LogP contribution in [0.15, 0.2) is 24.3 Å². The van der Waals surface area contributed by atoms with Crippen LogP contribution in [0.1, 0.15) is 75.0 Å². The average molecular weight is 272 g/mol. The number of hydrogen-bond donors (Lipinski definition) is 2. The van der Waals surface area contributed by atoms with Gasteiger partial charge in [-0.05, 0) is 54.6 Å². The van der Waals surface area contributed by atoms with Gasteiger partial charge in [0.05, 0.1) is 0 Å². The molecule has 0 amide bonds. The van der Waals surface area contributed by atoms with E-state index >= 15 is 0 Å². The number of nitrogens with two attached hydrogens (primary N) is 1. The summed E-state index contributed by atoms with van der Waals surface area (Å²) in [6.45, 7) is 2.38. The smallest absolute Gasteiger partial charge is 0.0488 e. The number of nitrogens with one attached hydrogen (secondary N) is 1. The molecule has 0 saturated heterocycles. The van der Waals surface area contributed by atoms with Crippen LogP contribution < -0.4 is 11.3 Å². The fourth-order valence-electron chi connectivity index (χ4n) is 4.04. The van der Waals surface area contributed by atoms with Crippen molar-refractivity contribution in [3.63, 3.8) is 0 Å². The Balaban J connectivity index is 1.77. The SMILES string of the molecule is CC1CCCC(C(NN)c2cccc(C3CCC3)c2)C1. The highest BCUT2D eigenvalue weighted by Crippen LogP contribution is 2.40. The Hall–Kier alpha value is -0.860. The van der Waals surface area contributed by atoms with Gasteiger partial charge in [0.2, 0.25) is 0 Å². The predicted octanol–water partition coefficient (Wildman–Crippen LogP) is 4.28. The van der Waals surface area contributed by atoms with E-state index in [0.29, 0.717) is 12.0 Å². The maximum atomic E-state index is 5.90. The van der Waals surface area contributed by atoms with E-state index in [1.54, 1.807) is 0 Å². The largest absolute Gasteiger partial charge is 0.271 e. The number of benzene rings is 1. The van der Waals surface area contributed by atoms with Crippen molar-refractivity contribution in [2.24, 2.45) is 17.7 Å². The molecule has 2 saturated carbocycles. The summed E-state index contributed by atoms with van der Waals surface area (Å²) in [5.41, 5.74) is 6.04. The molecule has 3 unspecified atom stereocenters. The van der Waals surface area contributed by atoms with Crippen molar-refractivity contribution in [3.8, 4) is 0 Å². The molecule has 1 aromatic carbocycles. The second kappa shape index (κ2) is 6.28. The molecule has 110 valence electrons. The third kappa shape index (κ3) is 2.91. The fourth-order valence-corrected chi connectivity index (χ4v) is 4.04. The summed E-state index contributed by atoms with van der Waals surface area (Å²) in [7, 11) is 0. The Labute approximate surface area is 123 Å². The van der Waals surface area contributed by atoms with Gasteiger partial charge in [0.1, 0.15) is 0 Å². The van der Waals surface area contributed by atoms with Crippen LogP contribution in [0.3, 0.4) is 0 Å². The van der Waals surface area contributed by atoms with Crippen molar-refractivity contribution in [1.82, 2.24) is 5.43 Å². The van der Waals surface area contributed by atoms with Gasteiger partial charge in [0, 0.05) is 6.04 Å². The van der Waals surface area contributed by atoms with Gasteiger partial charge in [-0.15, -0.1) is 0 Å². The van der Waals surface area contributed by atoms with Crippen LogP contribution in [0.25, 0.3) is 0 Å². The lowest BCUT2D eigenvalue weighted by atomic mass is 9.75. The summed E-state index contributed by atoms with van der Waals surface area (Å²) in [5.74, 6) is 8.25. The second-order valence-electron chi connectivity index (χ2n) is 6.97. The van der Waals surface area contributed by atoms with Gasteiger partial charge in [0.15, 0.2) is 0 Å². The molecule has 0 radical (unpaired) electrons. The number of hydrazine groups is 1. The van der Waals surface area contributed by atoms with E-state index in [1.165, 1.54) is 56.1 Å². The van der Waals surface area contributed by atoms with E-state index in [2.05, 4.69) is 36.6 Å². The van der Waals surface area contributed by atoms with Crippen molar-refractivity contribution < 1.29 is 0 Å². The molecule has 2 nitrogen and oxygen atoms in total. The topological polar surface area (TPSA) is 38.0 Å². The summed E-state index contributed by atoms with van der Waals surface area (Å²) in [6, 6.07) is 9.52. The molecular formula is C18H28N2. The summed E-state index contributed by atoms with van der Waals surface area (Å²) in [5, 5.41) is 0.